The summed E-state index contributed by atoms with van der Waals surface area (Å²) in [7, 11) is 1.85. The summed E-state index contributed by atoms with van der Waals surface area (Å²) in [5.74, 6) is -0.0918. The molecule has 1 amide bonds. The van der Waals surface area contributed by atoms with Gasteiger partial charge < -0.3 is 16.0 Å². The van der Waals surface area contributed by atoms with Gasteiger partial charge in [0.25, 0.3) is 5.91 Å². The molecule has 1 aromatic heterocycles. The molecule has 104 valence electrons. The van der Waals surface area contributed by atoms with Gasteiger partial charge in [-0.1, -0.05) is 0 Å². The summed E-state index contributed by atoms with van der Waals surface area (Å²) in [6.45, 7) is 2.20. The number of carbonyl (C=O) groups is 1. The summed E-state index contributed by atoms with van der Waals surface area (Å²) in [6.07, 6.45) is 1.86. The van der Waals surface area contributed by atoms with E-state index >= 15 is 0 Å². The normalized spacial score (nSPS) is 13.1. The van der Waals surface area contributed by atoms with Crippen molar-refractivity contribution in [3.8, 4) is 0 Å². The topological polar surface area (TPSA) is 71.0 Å². The number of fused-ring (bicyclic) bond motifs is 1. The minimum Gasteiger partial charge on any atom is -0.382 e. The Morgan fingerprint density at radius 3 is 2.85 bits per heavy atom. The lowest BCUT2D eigenvalue weighted by molar-refractivity contribution is 0.0950. The standard InChI is InChI=1S/C14H17N5O/c1-19-7-4-11(18-19)9-17-14(20)10-2-3-12-13(8-10)16-6-5-15-12/h2-4,7-8,15-16H,5-6,9H2,1H3,(H,17,20). The van der Waals surface area contributed by atoms with Gasteiger partial charge in [0, 0.05) is 31.9 Å². The first kappa shape index (κ1) is 12.5. The maximum Gasteiger partial charge on any atom is 0.251 e. The maximum atomic E-state index is 12.1. The SMILES string of the molecule is Cn1ccc(CNC(=O)c2ccc3c(c2)NCCN3)n1. The molecule has 0 radical (unpaired) electrons. The molecule has 0 aliphatic carbocycles. The van der Waals surface area contributed by atoms with Gasteiger partial charge in [-0.2, -0.15) is 5.10 Å². The largest absolute Gasteiger partial charge is 0.382 e. The van der Waals surface area contributed by atoms with Gasteiger partial charge >= 0.3 is 0 Å². The zero-order valence-electron chi connectivity index (χ0n) is 11.3. The van der Waals surface area contributed by atoms with Crippen molar-refractivity contribution in [2.24, 2.45) is 7.05 Å². The molecule has 1 aliphatic heterocycles. The number of carbonyl (C=O) groups excluding carboxylic acids is 1. The number of anilines is 2. The summed E-state index contributed by atoms with van der Waals surface area (Å²) >= 11 is 0. The predicted molar refractivity (Wildman–Crippen MR) is 77.8 cm³/mol. The van der Waals surface area contributed by atoms with Crippen LogP contribution in [0.5, 0.6) is 0 Å². The van der Waals surface area contributed by atoms with Crippen LogP contribution < -0.4 is 16.0 Å². The van der Waals surface area contributed by atoms with Crippen molar-refractivity contribution in [3.05, 3.63) is 41.7 Å². The summed E-state index contributed by atoms with van der Waals surface area (Å²) in [5.41, 5.74) is 3.51. The lowest BCUT2D eigenvalue weighted by Crippen LogP contribution is -2.24. The molecular weight excluding hydrogens is 254 g/mol. The maximum absolute atomic E-state index is 12.1. The van der Waals surface area contributed by atoms with E-state index in [2.05, 4.69) is 21.0 Å². The van der Waals surface area contributed by atoms with Gasteiger partial charge in [-0.15, -0.1) is 0 Å². The zero-order chi connectivity index (χ0) is 13.9. The molecular formula is C14H17N5O. The van der Waals surface area contributed by atoms with Crippen LogP contribution >= 0.6 is 0 Å². The summed E-state index contributed by atoms with van der Waals surface area (Å²) < 4.78 is 1.72. The summed E-state index contributed by atoms with van der Waals surface area (Å²) in [4.78, 5) is 12.1. The average molecular weight is 271 g/mol. The van der Waals surface area contributed by atoms with E-state index in [1.54, 1.807) is 4.68 Å². The monoisotopic (exact) mass is 271 g/mol. The minimum atomic E-state index is -0.0918. The van der Waals surface area contributed by atoms with Crippen molar-refractivity contribution >= 4 is 17.3 Å². The number of aryl methyl sites for hydroxylation is 1. The third-order valence-electron chi connectivity index (χ3n) is 3.24. The molecule has 0 saturated carbocycles. The molecule has 1 aliphatic rings. The number of nitrogens with zero attached hydrogens (tertiary/aromatic N) is 2. The molecule has 0 spiro atoms. The van der Waals surface area contributed by atoms with Gasteiger partial charge in [-0.05, 0) is 24.3 Å². The van der Waals surface area contributed by atoms with Crippen LogP contribution in [0.2, 0.25) is 0 Å². The first-order valence-corrected chi connectivity index (χ1v) is 6.61. The molecule has 6 nitrogen and oxygen atoms in total. The van der Waals surface area contributed by atoms with E-state index < -0.39 is 0 Å². The van der Waals surface area contributed by atoms with Crippen molar-refractivity contribution in [1.29, 1.82) is 0 Å². The smallest absolute Gasteiger partial charge is 0.251 e. The van der Waals surface area contributed by atoms with Crippen molar-refractivity contribution in [3.63, 3.8) is 0 Å². The Hall–Kier alpha value is -2.50. The first-order valence-electron chi connectivity index (χ1n) is 6.61. The van der Waals surface area contributed by atoms with Crippen LogP contribution in [0.4, 0.5) is 11.4 Å². The van der Waals surface area contributed by atoms with Crippen molar-refractivity contribution < 1.29 is 4.79 Å². The number of hydrogen-bond acceptors (Lipinski definition) is 4. The van der Waals surface area contributed by atoms with E-state index in [1.165, 1.54) is 0 Å². The second-order valence-electron chi connectivity index (χ2n) is 4.78. The number of aromatic nitrogens is 2. The van der Waals surface area contributed by atoms with Gasteiger partial charge in [-0.3, -0.25) is 9.48 Å². The van der Waals surface area contributed by atoms with E-state index in [-0.39, 0.29) is 5.91 Å². The Bertz CT molecular complexity index is 634. The van der Waals surface area contributed by atoms with Gasteiger partial charge in [0.15, 0.2) is 0 Å². The number of hydrogen-bond donors (Lipinski definition) is 3. The van der Waals surface area contributed by atoms with Crippen LogP contribution in [0.3, 0.4) is 0 Å². The van der Waals surface area contributed by atoms with E-state index in [0.717, 1.165) is 30.2 Å². The Balaban J connectivity index is 1.67. The second-order valence-corrected chi connectivity index (χ2v) is 4.78. The second kappa shape index (κ2) is 5.24. The fourth-order valence-electron chi connectivity index (χ4n) is 2.21. The molecule has 2 heterocycles. The number of nitrogens with one attached hydrogen (secondary N) is 3. The number of amides is 1. The van der Waals surface area contributed by atoms with Gasteiger partial charge in [0.05, 0.1) is 23.6 Å². The van der Waals surface area contributed by atoms with Crippen LogP contribution in [-0.4, -0.2) is 28.8 Å². The molecule has 0 atom stereocenters. The van der Waals surface area contributed by atoms with Crippen LogP contribution in [0, 0.1) is 0 Å². The van der Waals surface area contributed by atoms with Gasteiger partial charge in [0.1, 0.15) is 0 Å². The van der Waals surface area contributed by atoms with Gasteiger partial charge in [-0.25, -0.2) is 0 Å². The van der Waals surface area contributed by atoms with E-state index in [0.29, 0.717) is 12.1 Å². The van der Waals surface area contributed by atoms with Crippen LogP contribution in [-0.2, 0) is 13.6 Å². The quantitative estimate of drug-likeness (QED) is 0.784. The highest BCUT2D eigenvalue weighted by molar-refractivity contribution is 5.96. The molecule has 0 fully saturated rings. The third-order valence-corrected chi connectivity index (χ3v) is 3.24. The number of rotatable bonds is 3. The highest BCUT2D eigenvalue weighted by Gasteiger charge is 2.12. The highest BCUT2D eigenvalue weighted by atomic mass is 16.1. The van der Waals surface area contributed by atoms with Gasteiger partial charge in [0.2, 0.25) is 0 Å². The lowest BCUT2D eigenvalue weighted by Gasteiger charge is -2.20. The van der Waals surface area contributed by atoms with Crippen molar-refractivity contribution in [2.75, 3.05) is 23.7 Å². The van der Waals surface area contributed by atoms with Crippen LogP contribution in [0.15, 0.2) is 30.5 Å². The van der Waals surface area contributed by atoms with E-state index in [4.69, 9.17) is 0 Å². The Morgan fingerprint density at radius 2 is 2.10 bits per heavy atom. The Labute approximate surface area is 117 Å². The van der Waals surface area contributed by atoms with E-state index in [1.807, 2.05) is 37.5 Å². The third kappa shape index (κ3) is 2.59. The number of benzene rings is 1. The van der Waals surface area contributed by atoms with Crippen LogP contribution in [0.25, 0.3) is 0 Å². The Kier molecular flexibility index (Phi) is 3.28. The molecule has 2 aromatic rings. The molecule has 20 heavy (non-hydrogen) atoms. The molecule has 0 saturated heterocycles. The molecule has 0 unspecified atom stereocenters. The van der Waals surface area contributed by atoms with E-state index in [9.17, 15) is 4.79 Å². The molecule has 6 heteroatoms. The molecule has 0 bridgehead atoms. The summed E-state index contributed by atoms with van der Waals surface area (Å²) in [6, 6.07) is 7.51. The zero-order valence-corrected chi connectivity index (χ0v) is 11.3. The minimum absolute atomic E-state index is 0.0918. The molecule has 3 N–H and O–H groups in total. The fraction of sp³-hybridized carbons (Fsp3) is 0.286. The van der Waals surface area contributed by atoms with Crippen molar-refractivity contribution in [2.45, 2.75) is 6.54 Å². The highest BCUT2D eigenvalue weighted by Crippen LogP contribution is 2.25. The lowest BCUT2D eigenvalue weighted by atomic mass is 10.1. The predicted octanol–water partition coefficient (Wildman–Crippen LogP) is 1.19. The first-order chi connectivity index (χ1) is 9.72. The van der Waals surface area contributed by atoms with Crippen molar-refractivity contribution in [1.82, 2.24) is 15.1 Å². The summed E-state index contributed by atoms with van der Waals surface area (Å²) in [5, 5.41) is 13.7. The fourth-order valence-corrected chi connectivity index (χ4v) is 2.21. The van der Waals surface area contributed by atoms with Crippen LogP contribution in [0.1, 0.15) is 16.1 Å². The Morgan fingerprint density at radius 1 is 1.30 bits per heavy atom. The average Bonchev–Trinajstić information content (AvgIpc) is 2.90. The molecule has 1 aromatic carbocycles. The molecule has 3 rings (SSSR count).